The lowest BCUT2D eigenvalue weighted by Crippen LogP contribution is -2.14. The largest absolute Gasteiger partial charge is 0.312 e. The van der Waals surface area contributed by atoms with Crippen molar-refractivity contribution in [3.63, 3.8) is 0 Å². The highest BCUT2D eigenvalue weighted by Crippen LogP contribution is 2.56. The van der Waals surface area contributed by atoms with Crippen LogP contribution >= 0.6 is 11.3 Å². The van der Waals surface area contributed by atoms with E-state index >= 15 is 0 Å². The molecule has 1 unspecified atom stereocenters. The molecule has 3 aliphatic carbocycles. The van der Waals surface area contributed by atoms with Gasteiger partial charge in [0.2, 0.25) is 0 Å². The molecule has 0 bridgehead atoms. The summed E-state index contributed by atoms with van der Waals surface area (Å²) >= 11 is 1.90. The van der Waals surface area contributed by atoms with Crippen LogP contribution in [0, 0.1) is 5.92 Å². The Morgan fingerprint density at radius 1 is 0.825 bits per heavy atom. The molecule has 3 aliphatic rings. The van der Waals surface area contributed by atoms with E-state index < -0.39 is 0 Å². The van der Waals surface area contributed by atoms with Gasteiger partial charge in [-0.2, -0.15) is 0 Å². The van der Waals surface area contributed by atoms with E-state index in [1.165, 1.54) is 81.4 Å². The molecule has 0 spiro atoms. The molecular formula is C38H25NS. The number of benzene rings is 4. The van der Waals surface area contributed by atoms with Crippen LogP contribution in [-0.2, 0) is 6.42 Å². The summed E-state index contributed by atoms with van der Waals surface area (Å²) in [5.74, 6) is 0.423. The predicted octanol–water partition coefficient (Wildman–Crippen LogP) is 10.6. The first-order valence-corrected chi connectivity index (χ1v) is 14.7. The van der Waals surface area contributed by atoms with E-state index in [0.717, 1.165) is 12.0 Å². The fraction of sp³-hybridized carbons (Fsp3) is 0.0526. The van der Waals surface area contributed by atoms with Gasteiger partial charge in [-0.25, -0.2) is 0 Å². The topological polar surface area (TPSA) is 4.93 Å². The third-order valence-corrected chi connectivity index (χ3v) is 10.2. The highest BCUT2D eigenvalue weighted by molar-refractivity contribution is 7.23. The second kappa shape index (κ2) is 7.94. The zero-order valence-electron chi connectivity index (χ0n) is 21.9. The van der Waals surface area contributed by atoms with E-state index in [9.17, 15) is 0 Å². The summed E-state index contributed by atoms with van der Waals surface area (Å²) < 4.78 is 3.85. The van der Waals surface area contributed by atoms with Crippen molar-refractivity contribution in [3.05, 3.63) is 132 Å². The number of fused-ring (bicyclic) bond motifs is 9. The van der Waals surface area contributed by atoms with Gasteiger partial charge >= 0.3 is 0 Å². The molecule has 6 aromatic rings. The third kappa shape index (κ3) is 2.71. The monoisotopic (exact) mass is 527 g/mol. The van der Waals surface area contributed by atoms with Crippen LogP contribution in [0.5, 0.6) is 0 Å². The second-order valence-electron chi connectivity index (χ2n) is 10.9. The summed E-state index contributed by atoms with van der Waals surface area (Å²) in [4.78, 5) is 1.36. The normalized spacial score (nSPS) is 16.3. The van der Waals surface area contributed by atoms with Crippen LogP contribution in [0.25, 0.3) is 77.2 Å². The molecule has 2 aromatic heterocycles. The average Bonchev–Trinajstić information content (AvgIpc) is 3.64. The van der Waals surface area contributed by atoms with Crippen LogP contribution in [0.15, 0.2) is 110 Å². The lowest BCUT2D eigenvalue weighted by molar-refractivity contribution is 0.727. The van der Waals surface area contributed by atoms with Gasteiger partial charge in [0.1, 0.15) is 0 Å². The Morgan fingerprint density at radius 2 is 1.73 bits per heavy atom. The Morgan fingerprint density at radius 3 is 2.62 bits per heavy atom. The van der Waals surface area contributed by atoms with Crippen molar-refractivity contribution < 1.29 is 0 Å². The summed E-state index contributed by atoms with van der Waals surface area (Å²) in [5, 5.41) is 5.30. The van der Waals surface area contributed by atoms with Crippen molar-refractivity contribution in [1.82, 2.24) is 4.57 Å². The molecule has 0 aliphatic heterocycles. The molecule has 0 radical (unpaired) electrons. The molecule has 9 rings (SSSR count). The Kier molecular flexibility index (Phi) is 4.40. The number of rotatable bonds is 3. The van der Waals surface area contributed by atoms with Crippen LogP contribution in [0.1, 0.15) is 22.4 Å². The van der Waals surface area contributed by atoms with Gasteiger partial charge in [-0.05, 0) is 53.0 Å². The van der Waals surface area contributed by atoms with Gasteiger partial charge < -0.3 is 4.57 Å². The van der Waals surface area contributed by atoms with Crippen LogP contribution in [-0.4, -0.2) is 4.57 Å². The number of para-hydroxylation sites is 1. The molecule has 2 heterocycles. The highest BCUT2D eigenvalue weighted by atomic mass is 32.1. The zero-order valence-corrected chi connectivity index (χ0v) is 22.8. The Bertz CT molecular complexity index is 2230. The van der Waals surface area contributed by atoms with Crippen LogP contribution < -0.4 is 0 Å². The van der Waals surface area contributed by atoms with Crippen molar-refractivity contribution in [2.24, 2.45) is 5.92 Å². The van der Waals surface area contributed by atoms with Gasteiger partial charge in [0.15, 0.2) is 0 Å². The van der Waals surface area contributed by atoms with Crippen molar-refractivity contribution in [2.75, 3.05) is 0 Å². The van der Waals surface area contributed by atoms with Gasteiger partial charge in [0, 0.05) is 59.4 Å². The van der Waals surface area contributed by atoms with Gasteiger partial charge in [-0.3, -0.25) is 0 Å². The molecule has 40 heavy (non-hydrogen) atoms. The minimum absolute atomic E-state index is 0.423. The Labute approximate surface area is 237 Å². The third-order valence-electron chi connectivity index (χ3n) is 9.04. The molecular weight excluding hydrogens is 502 g/mol. The van der Waals surface area contributed by atoms with Gasteiger partial charge in [0.05, 0.1) is 11.2 Å². The maximum absolute atomic E-state index is 4.18. The highest BCUT2D eigenvalue weighted by Gasteiger charge is 2.30. The summed E-state index contributed by atoms with van der Waals surface area (Å²) in [6.07, 6.45) is 16.3. The maximum Gasteiger partial charge on any atom is 0.0537 e. The van der Waals surface area contributed by atoms with Crippen molar-refractivity contribution >= 4 is 61.3 Å². The summed E-state index contributed by atoms with van der Waals surface area (Å²) in [7, 11) is 0. The standard InChI is InChI=1S/C38H25NS/c1-3-22-16-19-34-36(25(22)4-2)37-28-14-9-13-27-32(18-17-29(35(27)28)38(37)40-34)39-31-15-8-7-12-26(31)30-20-23-10-5-6-11-24(23)21-33(30)39/h3-20,24H,1-2,21H2. The van der Waals surface area contributed by atoms with Crippen molar-refractivity contribution in [3.8, 4) is 27.3 Å². The first kappa shape index (κ1) is 22.2. The molecule has 0 saturated heterocycles. The van der Waals surface area contributed by atoms with Crippen LogP contribution in [0.3, 0.4) is 0 Å². The quantitative estimate of drug-likeness (QED) is 0.215. The molecule has 1 atom stereocenters. The summed E-state index contributed by atoms with van der Waals surface area (Å²) in [6, 6.07) is 24.9. The minimum Gasteiger partial charge on any atom is -0.312 e. The van der Waals surface area contributed by atoms with Crippen molar-refractivity contribution in [1.29, 1.82) is 0 Å². The lowest BCUT2D eigenvalue weighted by atomic mass is 9.83. The molecule has 0 fully saturated rings. The van der Waals surface area contributed by atoms with E-state index in [0.29, 0.717) is 5.92 Å². The predicted molar refractivity (Wildman–Crippen MR) is 174 cm³/mol. The number of hydrogen-bond acceptors (Lipinski definition) is 1. The zero-order chi connectivity index (χ0) is 26.5. The summed E-state index contributed by atoms with van der Waals surface area (Å²) in [6.45, 7) is 8.25. The molecule has 0 saturated carbocycles. The summed E-state index contributed by atoms with van der Waals surface area (Å²) in [5.41, 5.74) is 13.0. The van der Waals surface area contributed by atoms with E-state index in [4.69, 9.17) is 0 Å². The molecule has 1 nitrogen and oxygen atoms in total. The molecule has 0 amide bonds. The van der Waals surface area contributed by atoms with E-state index in [1.54, 1.807) is 0 Å². The Balaban J connectivity index is 1.36. The minimum atomic E-state index is 0.423. The second-order valence-corrected chi connectivity index (χ2v) is 12.0. The van der Waals surface area contributed by atoms with Gasteiger partial charge in [0.25, 0.3) is 0 Å². The van der Waals surface area contributed by atoms with Crippen molar-refractivity contribution in [2.45, 2.75) is 6.42 Å². The number of thiophene rings is 1. The van der Waals surface area contributed by atoms with E-state index in [-0.39, 0.29) is 0 Å². The van der Waals surface area contributed by atoms with E-state index in [1.807, 2.05) is 23.5 Å². The Hall–Kier alpha value is -4.66. The molecule has 4 aromatic carbocycles. The smallest absolute Gasteiger partial charge is 0.0537 e. The lowest BCUT2D eigenvalue weighted by Gasteiger charge is -2.24. The molecule has 2 heteroatoms. The molecule has 188 valence electrons. The number of hydrogen-bond donors (Lipinski definition) is 0. The fourth-order valence-corrected chi connectivity index (χ4v) is 8.60. The number of aromatic nitrogens is 1. The fourth-order valence-electron chi connectivity index (χ4n) is 7.33. The average molecular weight is 528 g/mol. The van der Waals surface area contributed by atoms with E-state index in [2.05, 4.69) is 115 Å². The molecule has 0 N–H and O–H groups in total. The van der Waals surface area contributed by atoms with Gasteiger partial charge in [-0.15, -0.1) is 11.3 Å². The van der Waals surface area contributed by atoms with Crippen LogP contribution in [0.2, 0.25) is 0 Å². The maximum atomic E-state index is 4.18. The SMILES string of the molecule is C=Cc1ccc2sc3c(c2c1C=C)-c1cccc2c(-n4c5c(c6ccccc64)C=C4C=CC=CC4C5)ccc-3c12. The first-order chi connectivity index (χ1) is 19.8. The van der Waals surface area contributed by atoms with Gasteiger partial charge in [-0.1, -0.05) is 98.1 Å². The number of nitrogens with zero attached hydrogens (tertiary/aromatic N) is 1. The number of allylic oxidation sites excluding steroid dienone is 5. The van der Waals surface area contributed by atoms with Crippen LogP contribution in [0.4, 0.5) is 0 Å². The first-order valence-electron chi connectivity index (χ1n) is 13.9.